The van der Waals surface area contributed by atoms with Crippen molar-refractivity contribution in [2.75, 3.05) is 19.0 Å². The molecule has 3 heteroatoms. The minimum Gasteiger partial charge on any atom is -0.497 e. The van der Waals surface area contributed by atoms with Gasteiger partial charge in [-0.1, -0.05) is 27.7 Å². The average molecular weight is 291 g/mol. The number of aliphatic hydroxyl groups is 1. The zero-order valence-electron chi connectivity index (χ0n) is 14.0. The Labute approximate surface area is 128 Å². The van der Waals surface area contributed by atoms with Crippen molar-refractivity contribution in [1.82, 2.24) is 0 Å². The first-order valence-electron chi connectivity index (χ1n) is 7.72. The van der Waals surface area contributed by atoms with Crippen molar-refractivity contribution in [1.29, 1.82) is 0 Å². The van der Waals surface area contributed by atoms with Gasteiger partial charge in [0.25, 0.3) is 0 Å². The number of aliphatic hydroxyl groups excluding tert-OH is 1. The molecule has 1 aliphatic rings. The number of benzene rings is 1. The van der Waals surface area contributed by atoms with E-state index in [1.807, 2.05) is 24.3 Å². The minimum absolute atomic E-state index is 0.159. The third-order valence-electron chi connectivity index (χ3n) is 4.39. The molecule has 0 aliphatic heterocycles. The van der Waals surface area contributed by atoms with Gasteiger partial charge in [-0.15, -0.1) is 0 Å². The van der Waals surface area contributed by atoms with Crippen LogP contribution in [0.2, 0.25) is 0 Å². The van der Waals surface area contributed by atoms with Gasteiger partial charge in [-0.05, 0) is 54.4 Å². The van der Waals surface area contributed by atoms with E-state index in [-0.39, 0.29) is 23.0 Å². The van der Waals surface area contributed by atoms with Crippen LogP contribution < -0.4 is 10.1 Å². The summed E-state index contributed by atoms with van der Waals surface area (Å²) in [6, 6.07) is 7.94. The fourth-order valence-corrected chi connectivity index (χ4v) is 4.54. The maximum absolute atomic E-state index is 10.1. The van der Waals surface area contributed by atoms with Crippen molar-refractivity contribution >= 4 is 5.69 Å². The number of hydrogen-bond acceptors (Lipinski definition) is 3. The van der Waals surface area contributed by atoms with Gasteiger partial charge in [-0.3, -0.25) is 0 Å². The average Bonchev–Trinajstić information content (AvgIpc) is 2.36. The van der Waals surface area contributed by atoms with Gasteiger partial charge in [0, 0.05) is 5.69 Å². The lowest BCUT2D eigenvalue weighted by Crippen LogP contribution is -2.53. The van der Waals surface area contributed by atoms with Crippen LogP contribution in [0.4, 0.5) is 5.69 Å². The van der Waals surface area contributed by atoms with Crippen molar-refractivity contribution in [2.24, 2.45) is 10.8 Å². The summed E-state index contributed by atoms with van der Waals surface area (Å²) in [6.07, 6.45) is 3.14. The van der Waals surface area contributed by atoms with Crippen LogP contribution in [0, 0.1) is 10.8 Å². The predicted molar refractivity (Wildman–Crippen MR) is 87.8 cm³/mol. The molecule has 1 aromatic carbocycles. The molecule has 0 saturated heterocycles. The van der Waals surface area contributed by atoms with E-state index in [1.54, 1.807) is 7.11 Å². The molecule has 118 valence electrons. The van der Waals surface area contributed by atoms with Crippen LogP contribution in [0.15, 0.2) is 24.3 Å². The van der Waals surface area contributed by atoms with E-state index in [9.17, 15) is 5.11 Å². The Hall–Kier alpha value is -1.22. The first-order valence-corrected chi connectivity index (χ1v) is 7.72. The summed E-state index contributed by atoms with van der Waals surface area (Å²) in [6.45, 7) is 9.36. The van der Waals surface area contributed by atoms with Crippen molar-refractivity contribution in [2.45, 2.75) is 52.5 Å². The lowest BCUT2D eigenvalue weighted by molar-refractivity contribution is 0.0288. The zero-order valence-corrected chi connectivity index (χ0v) is 14.0. The molecule has 0 radical (unpaired) electrons. The summed E-state index contributed by atoms with van der Waals surface area (Å²) in [5.74, 6) is 0.850. The number of hydrogen-bond donors (Lipinski definition) is 2. The Morgan fingerprint density at radius 1 is 1.00 bits per heavy atom. The molecule has 0 bridgehead atoms. The molecule has 1 aromatic rings. The SMILES string of the molecule is COc1ccc(NC2(CO)CC(C)(C)CC(C)(C)C2)cc1. The molecular weight excluding hydrogens is 262 g/mol. The molecule has 2 N–H and O–H groups in total. The van der Waals surface area contributed by atoms with Crippen molar-refractivity contribution in [3.8, 4) is 5.75 Å². The second-order valence-corrected chi connectivity index (χ2v) is 8.15. The fraction of sp³-hybridized carbons (Fsp3) is 0.667. The van der Waals surface area contributed by atoms with Gasteiger partial charge in [-0.25, -0.2) is 0 Å². The van der Waals surface area contributed by atoms with Crippen molar-refractivity contribution < 1.29 is 9.84 Å². The highest BCUT2D eigenvalue weighted by atomic mass is 16.5. The summed E-state index contributed by atoms with van der Waals surface area (Å²) < 4.78 is 5.20. The van der Waals surface area contributed by atoms with Crippen LogP contribution in [-0.4, -0.2) is 24.4 Å². The van der Waals surface area contributed by atoms with Gasteiger partial charge in [0.2, 0.25) is 0 Å². The minimum atomic E-state index is -0.250. The molecule has 0 spiro atoms. The van der Waals surface area contributed by atoms with E-state index in [2.05, 4.69) is 33.0 Å². The van der Waals surface area contributed by atoms with Crippen LogP contribution in [-0.2, 0) is 0 Å². The Morgan fingerprint density at radius 2 is 1.52 bits per heavy atom. The topological polar surface area (TPSA) is 41.5 Å². The molecule has 3 nitrogen and oxygen atoms in total. The zero-order chi connectivity index (χ0) is 15.7. The van der Waals surface area contributed by atoms with Crippen LogP contribution >= 0.6 is 0 Å². The van der Waals surface area contributed by atoms with E-state index in [1.165, 1.54) is 6.42 Å². The summed E-state index contributed by atoms with van der Waals surface area (Å²) in [7, 11) is 1.67. The molecular formula is C18H29NO2. The largest absolute Gasteiger partial charge is 0.497 e. The van der Waals surface area contributed by atoms with Gasteiger partial charge in [0.15, 0.2) is 0 Å². The summed E-state index contributed by atoms with van der Waals surface area (Å²) in [5, 5.41) is 13.7. The molecule has 2 rings (SSSR count). The summed E-state index contributed by atoms with van der Waals surface area (Å²) >= 11 is 0. The van der Waals surface area contributed by atoms with Gasteiger partial charge < -0.3 is 15.2 Å². The first-order chi connectivity index (χ1) is 9.69. The number of methoxy groups -OCH3 is 1. The maximum Gasteiger partial charge on any atom is 0.119 e. The smallest absolute Gasteiger partial charge is 0.119 e. The Bertz CT molecular complexity index is 460. The summed E-state index contributed by atoms with van der Waals surface area (Å²) in [4.78, 5) is 0. The monoisotopic (exact) mass is 291 g/mol. The highest BCUT2D eigenvalue weighted by Gasteiger charge is 2.47. The standard InChI is InChI=1S/C18H29NO2/c1-16(2)10-17(3,4)12-18(11-16,13-20)19-14-6-8-15(21-5)9-7-14/h6-9,19-20H,10-13H2,1-5H3. The highest BCUT2D eigenvalue weighted by molar-refractivity contribution is 5.49. The highest BCUT2D eigenvalue weighted by Crippen LogP contribution is 2.50. The van der Waals surface area contributed by atoms with Crippen LogP contribution in [0.25, 0.3) is 0 Å². The third kappa shape index (κ3) is 3.91. The van der Waals surface area contributed by atoms with E-state index in [4.69, 9.17) is 4.74 Å². The number of nitrogens with one attached hydrogen (secondary N) is 1. The molecule has 1 saturated carbocycles. The molecule has 1 fully saturated rings. The molecule has 0 unspecified atom stereocenters. The quantitative estimate of drug-likeness (QED) is 0.878. The Kier molecular flexibility index (Phi) is 4.25. The molecule has 0 atom stereocenters. The maximum atomic E-state index is 10.1. The molecule has 1 aliphatic carbocycles. The van der Waals surface area contributed by atoms with Crippen molar-refractivity contribution in [3.05, 3.63) is 24.3 Å². The Morgan fingerprint density at radius 3 is 1.95 bits per heavy atom. The van der Waals surface area contributed by atoms with Gasteiger partial charge in [-0.2, -0.15) is 0 Å². The van der Waals surface area contributed by atoms with Crippen molar-refractivity contribution in [3.63, 3.8) is 0 Å². The van der Waals surface area contributed by atoms with Gasteiger partial charge in [0.05, 0.1) is 19.3 Å². The van der Waals surface area contributed by atoms with Crippen LogP contribution in [0.3, 0.4) is 0 Å². The second-order valence-electron chi connectivity index (χ2n) is 8.15. The molecule has 0 aromatic heterocycles. The lowest BCUT2D eigenvalue weighted by atomic mass is 9.58. The van der Waals surface area contributed by atoms with E-state index < -0.39 is 0 Å². The first kappa shape index (κ1) is 16.2. The summed E-state index contributed by atoms with van der Waals surface area (Å²) in [5.41, 5.74) is 1.24. The Balaban J connectivity index is 2.23. The fourth-order valence-electron chi connectivity index (χ4n) is 4.54. The normalized spacial score (nSPS) is 22.6. The number of anilines is 1. The van der Waals surface area contributed by atoms with Crippen LogP contribution in [0.1, 0.15) is 47.0 Å². The van der Waals surface area contributed by atoms with Gasteiger partial charge in [0.1, 0.15) is 5.75 Å². The second kappa shape index (κ2) is 5.53. The number of ether oxygens (including phenoxy) is 1. The molecule has 0 amide bonds. The molecule has 0 heterocycles. The molecule has 21 heavy (non-hydrogen) atoms. The van der Waals surface area contributed by atoms with E-state index in [0.717, 1.165) is 24.3 Å². The number of rotatable bonds is 4. The third-order valence-corrected chi connectivity index (χ3v) is 4.39. The predicted octanol–water partition coefficient (Wildman–Crippen LogP) is 4.07. The van der Waals surface area contributed by atoms with Crippen LogP contribution in [0.5, 0.6) is 5.75 Å². The van der Waals surface area contributed by atoms with E-state index in [0.29, 0.717) is 0 Å². The van der Waals surface area contributed by atoms with E-state index >= 15 is 0 Å². The lowest BCUT2D eigenvalue weighted by Gasteiger charge is -2.52. The van der Waals surface area contributed by atoms with Gasteiger partial charge >= 0.3 is 0 Å².